The van der Waals surface area contributed by atoms with E-state index in [1.54, 1.807) is 6.08 Å². The number of hydrogen-bond donors (Lipinski definition) is 1. The van der Waals surface area contributed by atoms with Gasteiger partial charge in [0.2, 0.25) is 5.91 Å². The van der Waals surface area contributed by atoms with Gasteiger partial charge in [-0.15, -0.1) is 12.4 Å². The summed E-state index contributed by atoms with van der Waals surface area (Å²) in [4.78, 5) is 14.0. The SMILES string of the molecule is C=CCOc1ccc(OCc2ccccc2)c(CN2CCNCC2=O)c1.Cl. The third-order valence-electron chi connectivity index (χ3n) is 4.19. The Morgan fingerprint density at radius 1 is 1.15 bits per heavy atom. The second-order valence-corrected chi connectivity index (χ2v) is 6.14. The summed E-state index contributed by atoms with van der Waals surface area (Å²) in [6.45, 7) is 6.98. The molecule has 0 aliphatic carbocycles. The molecule has 0 saturated carbocycles. The van der Waals surface area contributed by atoms with Gasteiger partial charge < -0.3 is 19.7 Å². The number of piperazine rings is 1. The molecule has 0 spiro atoms. The molecule has 2 aromatic rings. The number of ether oxygens (including phenoxy) is 2. The van der Waals surface area contributed by atoms with Gasteiger partial charge in [0.05, 0.1) is 6.54 Å². The highest BCUT2D eigenvalue weighted by Gasteiger charge is 2.19. The molecule has 0 unspecified atom stereocenters. The Morgan fingerprint density at radius 2 is 1.96 bits per heavy atom. The summed E-state index contributed by atoms with van der Waals surface area (Å²) in [5, 5.41) is 3.09. The molecule has 1 aliphatic rings. The fourth-order valence-electron chi connectivity index (χ4n) is 2.82. The third-order valence-corrected chi connectivity index (χ3v) is 4.19. The number of halogens is 1. The fourth-order valence-corrected chi connectivity index (χ4v) is 2.82. The molecular weight excluding hydrogens is 364 g/mol. The van der Waals surface area contributed by atoms with E-state index in [9.17, 15) is 4.79 Å². The molecule has 27 heavy (non-hydrogen) atoms. The zero-order valence-corrected chi connectivity index (χ0v) is 16.0. The van der Waals surface area contributed by atoms with Crippen LogP contribution in [0.5, 0.6) is 11.5 Å². The normalized spacial score (nSPS) is 13.6. The number of benzene rings is 2. The predicted molar refractivity (Wildman–Crippen MR) is 108 cm³/mol. The standard InChI is InChI=1S/C21H24N2O3.ClH/c1-2-12-25-19-8-9-20(26-16-17-6-4-3-5-7-17)18(13-19)15-23-11-10-22-14-21(23)24;/h2-9,13,22H,1,10-12,14-16H2;1H. The summed E-state index contributed by atoms with van der Waals surface area (Å²) >= 11 is 0. The zero-order valence-electron chi connectivity index (χ0n) is 15.2. The molecule has 0 bridgehead atoms. The number of hydrogen-bond acceptors (Lipinski definition) is 4. The average molecular weight is 389 g/mol. The molecular formula is C21H25ClN2O3. The van der Waals surface area contributed by atoms with E-state index in [-0.39, 0.29) is 18.3 Å². The van der Waals surface area contributed by atoms with Crippen LogP contribution in [-0.2, 0) is 17.9 Å². The molecule has 1 aliphatic heterocycles. The van der Waals surface area contributed by atoms with E-state index in [0.717, 1.165) is 29.2 Å². The van der Waals surface area contributed by atoms with Gasteiger partial charge in [0.1, 0.15) is 24.7 Å². The average Bonchev–Trinajstić information content (AvgIpc) is 2.68. The molecule has 1 heterocycles. The van der Waals surface area contributed by atoms with Crippen LogP contribution in [0.25, 0.3) is 0 Å². The Morgan fingerprint density at radius 3 is 2.70 bits per heavy atom. The third kappa shape index (κ3) is 6.01. The van der Waals surface area contributed by atoms with E-state index in [0.29, 0.717) is 32.8 Å². The van der Waals surface area contributed by atoms with E-state index >= 15 is 0 Å². The maximum atomic E-state index is 12.1. The van der Waals surface area contributed by atoms with Crippen molar-refractivity contribution in [1.82, 2.24) is 10.2 Å². The summed E-state index contributed by atoms with van der Waals surface area (Å²) in [6, 6.07) is 15.8. The molecule has 6 heteroatoms. The van der Waals surface area contributed by atoms with E-state index in [2.05, 4.69) is 11.9 Å². The number of rotatable bonds is 8. The number of nitrogens with zero attached hydrogens (tertiary/aromatic N) is 1. The number of carbonyl (C=O) groups excluding carboxylic acids is 1. The summed E-state index contributed by atoms with van der Waals surface area (Å²) in [5.41, 5.74) is 2.04. The number of nitrogens with one attached hydrogen (secondary N) is 1. The Balaban J connectivity index is 0.00000261. The number of carbonyl (C=O) groups is 1. The van der Waals surface area contributed by atoms with Gasteiger partial charge in [-0.2, -0.15) is 0 Å². The smallest absolute Gasteiger partial charge is 0.236 e. The van der Waals surface area contributed by atoms with Gasteiger partial charge in [0.15, 0.2) is 0 Å². The van der Waals surface area contributed by atoms with E-state index in [1.165, 1.54) is 0 Å². The maximum Gasteiger partial charge on any atom is 0.236 e. The van der Waals surface area contributed by atoms with Crippen LogP contribution >= 0.6 is 12.4 Å². The molecule has 1 fully saturated rings. The van der Waals surface area contributed by atoms with Crippen LogP contribution in [-0.4, -0.2) is 37.0 Å². The highest BCUT2D eigenvalue weighted by molar-refractivity contribution is 5.85. The Kier molecular flexibility index (Phi) is 8.17. The van der Waals surface area contributed by atoms with Crippen molar-refractivity contribution >= 4 is 18.3 Å². The molecule has 1 N–H and O–H groups in total. The molecule has 144 valence electrons. The van der Waals surface area contributed by atoms with E-state index < -0.39 is 0 Å². The number of amides is 1. The molecule has 3 rings (SSSR count). The van der Waals surface area contributed by atoms with Crippen molar-refractivity contribution in [2.45, 2.75) is 13.2 Å². The van der Waals surface area contributed by atoms with Crippen LogP contribution in [0, 0.1) is 0 Å². The molecule has 0 radical (unpaired) electrons. The van der Waals surface area contributed by atoms with Crippen LogP contribution in [0.15, 0.2) is 61.2 Å². The second kappa shape index (κ2) is 10.6. The summed E-state index contributed by atoms with van der Waals surface area (Å²) in [6.07, 6.45) is 1.71. The largest absolute Gasteiger partial charge is 0.490 e. The first-order valence-corrected chi connectivity index (χ1v) is 8.78. The molecule has 1 amide bonds. The van der Waals surface area contributed by atoms with Crippen molar-refractivity contribution in [3.8, 4) is 11.5 Å². The van der Waals surface area contributed by atoms with Gasteiger partial charge in [0.25, 0.3) is 0 Å². The van der Waals surface area contributed by atoms with Crippen LogP contribution in [0.4, 0.5) is 0 Å². The lowest BCUT2D eigenvalue weighted by molar-refractivity contribution is -0.132. The van der Waals surface area contributed by atoms with Gasteiger partial charge in [-0.1, -0.05) is 43.0 Å². The lowest BCUT2D eigenvalue weighted by Gasteiger charge is -2.28. The topological polar surface area (TPSA) is 50.8 Å². The van der Waals surface area contributed by atoms with Gasteiger partial charge >= 0.3 is 0 Å². The highest BCUT2D eigenvalue weighted by atomic mass is 35.5. The van der Waals surface area contributed by atoms with E-state index in [4.69, 9.17) is 9.47 Å². The predicted octanol–water partition coefficient (Wildman–Crippen LogP) is 3.18. The molecule has 2 aromatic carbocycles. The summed E-state index contributed by atoms with van der Waals surface area (Å²) < 4.78 is 11.7. The monoisotopic (exact) mass is 388 g/mol. The minimum absolute atomic E-state index is 0. The molecule has 5 nitrogen and oxygen atoms in total. The van der Waals surface area contributed by atoms with Crippen molar-refractivity contribution in [2.24, 2.45) is 0 Å². The highest BCUT2D eigenvalue weighted by Crippen LogP contribution is 2.27. The summed E-state index contributed by atoms with van der Waals surface area (Å²) in [5.74, 6) is 1.61. The van der Waals surface area contributed by atoms with Crippen molar-refractivity contribution in [3.05, 3.63) is 72.3 Å². The lowest BCUT2D eigenvalue weighted by atomic mass is 10.1. The van der Waals surface area contributed by atoms with Gasteiger partial charge in [-0.25, -0.2) is 0 Å². The van der Waals surface area contributed by atoms with Crippen LogP contribution in [0.2, 0.25) is 0 Å². The van der Waals surface area contributed by atoms with E-state index in [1.807, 2.05) is 53.4 Å². The van der Waals surface area contributed by atoms with Gasteiger partial charge in [0, 0.05) is 25.2 Å². The zero-order chi connectivity index (χ0) is 18.2. The maximum absolute atomic E-state index is 12.1. The first kappa shape index (κ1) is 20.8. The molecule has 0 aromatic heterocycles. The van der Waals surface area contributed by atoms with Crippen molar-refractivity contribution in [3.63, 3.8) is 0 Å². The fraction of sp³-hybridized carbons (Fsp3) is 0.286. The quantitative estimate of drug-likeness (QED) is 0.706. The minimum atomic E-state index is 0. The van der Waals surface area contributed by atoms with Crippen molar-refractivity contribution in [2.75, 3.05) is 26.2 Å². The Hall–Kier alpha value is -2.50. The minimum Gasteiger partial charge on any atom is -0.490 e. The second-order valence-electron chi connectivity index (χ2n) is 6.14. The lowest BCUT2D eigenvalue weighted by Crippen LogP contribution is -2.47. The molecule has 1 saturated heterocycles. The van der Waals surface area contributed by atoms with Crippen LogP contribution in [0.1, 0.15) is 11.1 Å². The molecule has 0 atom stereocenters. The Labute approximate surface area is 166 Å². The first-order chi connectivity index (χ1) is 12.8. The van der Waals surface area contributed by atoms with Crippen LogP contribution in [0.3, 0.4) is 0 Å². The van der Waals surface area contributed by atoms with Gasteiger partial charge in [-0.3, -0.25) is 4.79 Å². The first-order valence-electron chi connectivity index (χ1n) is 8.78. The van der Waals surface area contributed by atoms with Crippen molar-refractivity contribution in [1.29, 1.82) is 0 Å². The van der Waals surface area contributed by atoms with Crippen molar-refractivity contribution < 1.29 is 14.3 Å². The van der Waals surface area contributed by atoms with Crippen LogP contribution < -0.4 is 14.8 Å². The Bertz CT molecular complexity index is 752. The summed E-state index contributed by atoms with van der Waals surface area (Å²) in [7, 11) is 0. The van der Waals surface area contributed by atoms with Gasteiger partial charge in [-0.05, 0) is 23.8 Å².